The molecule has 0 radical (unpaired) electrons. The molecule has 3 rings (SSSR count). The molecule has 2 aromatic rings. The molecule has 0 aliphatic carbocycles. The zero-order chi connectivity index (χ0) is 22.0. The lowest BCUT2D eigenvalue weighted by Gasteiger charge is -2.27. The van der Waals surface area contributed by atoms with Crippen molar-refractivity contribution < 1.29 is 24.9 Å². The summed E-state index contributed by atoms with van der Waals surface area (Å²) in [6.07, 6.45) is 4.17. The zero-order valence-corrected chi connectivity index (χ0v) is 17.8. The van der Waals surface area contributed by atoms with E-state index < -0.39 is 6.10 Å². The van der Waals surface area contributed by atoms with Crippen LogP contribution in [0.15, 0.2) is 47.6 Å². The van der Waals surface area contributed by atoms with E-state index in [-0.39, 0.29) is 29.5 Å². The van der Waals surface area contributed by atoms with Crippen LogP contribution in [-0.2, 0) is 12.8 Å². The van der Waals surface area contributed by atoms with Gasteiger partial charge in [0.15, 0.2) is 5.78 Å². The zero-order valence-electron chi connectivity index (χ0n) is 17.8. The fourth-order valence-electron chi connectivity index (χ4n) is 3.50. The summed E-state index contributed by atoms with van der Waals surface area (Å²) in [6.45, 7) is 7.87. The number of allylic oxidation sites excluding steroid dienone is 4. The van der Waals surface area contributed by atoms with E-state index >= 15 is 0 Å². The van der Waals surface area contributed by atoms with Crippen molar-refractivity contribution in [3.8, 4) is 23.0 Å². The molecule has 0 saturated heterocycles. The van der Waals surface area contributed by atoms with E-state index in [1.54, 1.807) is 12.1 Å². The first-order chi connectivity index (χ1) is 14.2. The number of aromatic hydroxyl groups is 3. The largest absolute Gasteiger partial charge is 0.508 e. The van der Waals surface area contributed by atoms with Gasteiger partial charge in [-0.15, -0.1) is 0 Å². The number of carbonyl (C=O) groups is 1. The minimum atomic E-state index is -0.705. The predicted octanol–water partition coefficient (Wildman–Crippen LogP) is 5.53. The van der Waals surface area contributed by atoms with Crippen molar-refractivity contribution in [3.63, 3.8) is 0 Å². The summed E-state index contributed by atoms with van der Waals surface area (Å²) in [5, 5.41) is 31.6. The Balaban J connectivity index is 2.10. The fraction of sp³-hybridized carbons (Fsp3) is 0.320. The van der Waals surface area contributed by atoms with Gasteiger partial charge in [0.25, 0.3) is 0 Å². The Morgan fingerprint density at radius 3 is 2.33 bits per heavy atom. The van der Waals surface area contributed by atoms with Crippen molar-refractivity contribution in [2.45, 2.75) is 53.1 Å². The van der Waals surface area contributed by atoms with Gasteiger partial charge < -0.3 is 20.1 Å². The van der Waals surface area contributed by atoms with Crippen molar-refractivity contribution in [3.05, 3.63) is 69.8 Å². The first-order valence-corrected chi connectivity index (χ1v) is 10.0. The highest BCUT2D eigenvalue weighted by Crippen LogP contribution is 2.44. The van der Waals surface area contributed by atoms with Gasteiger partial charge >= 0.3 is 0 Å². The maximum atomic E-state index is 12.6. The SMILES string of the molecule is CC(C)=CCc1cc(C2CC(=O)c3ccc(O)cc3O2)c(O)c(CC=C(C)C)c1O. The monoisotopic (exact) mass is 408 g/mol. The number of fused-ring (bicyclic) bond motifs is 1. The van der Waals surface area contributed by atoms with Crippen LogP contribution in [-0.4, -0.2) is 21.1 Å². The van der Waals surface area contributed by atoms with E-state index in [1.807, 2.05) is 39.8 Å². The van der Waals surface area contributed by atoms with Crippen LogP contribution in [0.5, 0.6) is 23.0 Å². The van der Waals surface area contributed by atoms with Crippen molar-refractivity contribution in [1.82, 2.24) is 0 Å². The molecule has 5 nitrogen and oxygen atoms in total. The second-order valence-electron chi connectivity index (χ2n) is 8.19. The highest BCUT2D eigenvalue weighted by atomic mass is 16.5. The summed E-state index contributed by atoms with van der Waals surface area (Å²) in [5.41, 5.74) is 4.14. The molecule has 2 aromatic carbocycles. The third-order valence-electron chi connectivity index (χ3n) is 5.18. The molecule has 30 heavy (non-hydrogen) atoms. The topological polar surface area (TPSA) is 87.0 Å². The first-order valence-electron chi connectivity index (χ1n) is 10.0. The van der Waals surface area contributed by atoms with Gasteiger partial charge in [-0.3, -0.25) is 4.79 Å². The number of phenols is 3. The molecule has 5 heteroatoms. The van der Waals surface area contributed by atoms with Crippen molar-refractivity contribution in [2.24, 2.45) is 0 Å². The average molecular weight is 408 g/mol. The summed E-state index contributed by atoms with van der Waals surface area (Å²) in [7, 11) is 0. The minimum absolute atomic E-state index is 0.00521. The second-order valence-corrected chi connectivity index (χ2v) is 8.19. The minimum Gasteiger partial charge on any atom is -0.508 e. The molecule has 1 atom stereocenters. The fourth-order valence-corrected chi connectivity index (χ4v) is 3.50. The number of carbonyl (C=O) groups excluding carboxylic acids is 1. The summed E-state index contributed by atoms with van der Waals surface area (Å²) < 4.78 is 6.00. The van der Waals surface area contributed by atoms with Gasteiger partial charge in [-0.1, -0.05) is 23.3 Å². The van der Waals surface area contributed by atoms with Crippen LogP contribution < -0.4 is 4.74 Å². The lowest BCUT2D eigenvalue weighted by Crippen LogP contribution is -2.21. The maximum Gasteiger partial charge on any atom is 0.170 e. The van der Waals surface area contributed by atoms with E-state index in [0.717, 1.165) is 11.1 Å². The number of ether oxygens (including phenoxy) is 1. The summed E-state index contributed by atoms with van der Waals surface area (Å²) in [4.78, 5) is 12.6. The molecule has 0 amide bonds. The molecule has 0 bridgehead atoms. The van der Waals surface area contributed by atoms with Crippen LogP contribution in [0.1, 0.15) is 67.3 Å². The van der Waals surface area contributed by atoms with Crippen LogP contribution in [0.4, 0.5) is 0 Å². The molecular formula is C25H28O5. The number of hydrogen-bond acceptors (Lipinski definition) is 5. The Bertz CT molecular complexity index is 1040. The molecule has 158 valence electrons. The Labute approximate surface area is 177 Å². The Hall–Kier alpha value is -3.21. The molecule has 1 heterocycles. The lowest BCUT2D eigenvalue weighted by molar-refractivity contribution is 0.0846. The van der Waals surface area contributed by atoms with E-state index in [2.05, 4.69) is 0 Å². The number of ketones is 1. The van der Waals surface area contributed by atoms with E-state index in [0.29, 0.717) is 40.8 Å². The van der Waals surface area contributed by atoms with Crippen LogP contribution >= 0.6 is 0 Å². The standard InChI is InChI=1S/C25H28O5/c1-14(2)5-7-16-11-20(25(29)19(24(16)28)9-6-15(3)4)23-13-21(27)18-10-8-17(26)12-22(18)30-23/h5-6,8,10-12,23,26,28-29H,7,9,13H2,1-4H3. The van der Waals surface area contributed by atoms with Gasteiger partial charge in [-0.2, -0.15) is 0 Å². The Morgan fingerprint density at radius 2 is 1.67 bits per heavy atom. The van der Waals surface area contributed by atoms with Gasteiger partial charge in [0, 0.05) is 17.2 Å². The van der Waals surface area contributed by atoms with Crippen LogP contribution in [0, 0.1) is 0 Å². The molecule has 3 N–H and O–H groups in total. The summed E-state index contributed by atoms with van der Waals surface area (Å²) >= 11 is 0. The van der Waals surface area contributed by atoms with Crippen molar-refractivity contribution in [2.75, 3.05) is 0 Å². The van der Waals surface area contributed by atoms with Gasteiger partial charge in [0.1, 0.15) is 29.1 Å². The van der Waals surface area contributed by atoms with Crippen LogP contribution in [0.2, 0.25) is 0 Å². The molecule has 0 fully saturated rings. The van der Waals surface area contributed by atoms with Gasteiger partial charge in [0.05, 0.1) is 12.0 Å². The number of benzene rings is 2. The van der Waals surface area contributed by atoms with E-state index in [1.165, 1.54) is 12.1 Å². The van der Waals surface area contributed by atoms with Gasteiger partial charge in [-0.25, -0.2) is 0 Å². The molecular weight excluding hydrogens is 380 g/mol. The molecule has 0 spiro atoms. The normalized spacial score (nSPS) is 15.2. The quantitative estimate of drug-likeness (QED) is 0.567. The number of Topliss-reactive ketones (excluding diaryl/α,β-unsaturated/α-hetero) is 1. The van der Waals surface area contributed by atoms with Crippen molar-refractivity contribution in [1.29, 1.82) is 0 Å². The molecule has 0 aromatic heterocycles. The van der Waals surface area contributed by atoms with Gasteiger partial charge in [0.2, 0.25) is 0 Å². The van der Waals surface area contributed by atoms with Crippen molar-refractivity contribution >= 4 is 5.78 Å². The average Bonchev–Trinajstić information content (AvgIpc) is 2.66. The Morgan fingerprint density at radius 1 is 1.00 bits per heavy atom. The highest BCUT2D eigenvalue weighted by molar-refractivity contribution is 6.00. The molecule has 0 saturated carbocycles. The number of rotatable bonds is 5. The number of hydrogen-bond donors (Lipinski definition) is 3. The number of phenolic OH excluding ortho intramolecular Hbond substituents is 3. The summed E-state index contributed by atoms with van der Waals surface area (Å²) in [5.74, 6) is 0.176. The second kappa shape index (κ2) is 8.66. The molecule has 1 aliphatic heterocycles. The van der Waals surface area contributed by atoms with Gasteiger partial charge in [-0.05, 0) is 64.3 Å². The first kappa shape index (κ1) is 21.5. The summed E-state index contributed by atoms with van der Waals surface area (Å²) in [6, 6.07) is 6.11. The van der Waals surface area contributed by atoms with Crippen LogP contribution in [0.3, 0.4) is 0 Å². The molecule has 1 unspecified atom stereocenters. The van der Waals surface area contributed by atoms with E-state index in [9.17, 15) is 20.1 Å². The Kier molecular flexibility index (Phi) is 6.20. The maximum absolute atomic E-state index is 12.6. The van der Waals surface area contributed by atoms with E-state index in [4.69, 9.17) is 4.74 Å². The smallest absolute Gasteiger partial charge is 0.170 e. The lowest BCUT2D eigenvalue weighted by atomic mass is 9.90. The third-order valence-corrected chi connectivity index (χ3v) is 5.18. The predicted molar refractivity (Wildman–Crippen MR) is 116 cm³/mol. The third kappa shape index (κ3) is 4.51. The highest BCUT2D eigenvalue weighted by Gasteiger charge is 2.31. The molecule has 1 aliphatic rings. The van der Waals surface area contributed by atoms with Crippen LogP contribution in [0.25, 0.3) is 0 Å².